The van der Waals surface area contributed by atoms with Crippen LogP contribution in [0.5, 0.6) is 0 Å². The third-order valence-electron chi connectivity index (χ3n) is 3.78. The Bertz CT molecular complexity index is 218. The number of esters is 1. The number of hydrogen-bond donors (Lipinski definition) is 1. The summed E-state index contributed by atoms with van der Waals surface area (Å²) >= 11 is 0. The maximum absolute atomic E-state index is 11.6. The summed E-state index contributed by atoms with van der Waals surface area (Å²) in [6.07, 6.45) is 9.35. The van der Waals surface area contributed by atoms with E-state index in [9.17, 15) is 4.79 Å². The summed E-state index contributed by atoms with van der Waals surface area (Å²) < 4.78 is 5.36. The van der Waals surface area contributed by atoms with Gasteiger partial charge in [0, 0.05) is 6.04 Å². The van der Waals surface area contributed by atoms with Gasteiger partial charge >= 0.3 is 5.97 Å². The van der Waals surface area contributed by atoms with Crippen LogP contribution in [-0.4, -0.2) is 25.2 Å². The van der Waals surface area contributed by atoms with Crippen molar-refractivity contribution in [3.63, 3.8) is 0 Å². The summed E-state index contributed by atoms with van der Waals surface area (Å²) in [4.78, 5) is 11.6. The van der Waals surface area contributed by atoms with Crippen molar-refractivity contribution in [3.8, 4) is 0 Å². The van der Waals surface area contributed by atoms with Crippen LogP contribution in [0.3, 0.4) is 0 Å². The normalized spacial score (nSPS) is 26.9. The lowest BCUT2D eigenvalue weighted by Crippen LogP contribution is -2.26. The van der Waals surface area contributed by atoms with E-state index in [1.165, 1.54) is 38.5 Å². The lowest BCUT2D eigenvalue weighted by atomic mass is 9.90. The number of ether oxygens (including phenoxy) is 1. The molecule has 1 unspecified atom stereocenters. The molecule has 1 N–H and O–H groups in total. The quantitative estimate of drug-likeness (QED) is 0.746. The predicted octanol–water partition coefficient (Wildman–Crippen LogP) is 2.25. The second-order valence-corrected chi connectivity index (χ2v) is 5.18. The van der Waals surface area contributed by atoms with Crippen molar-refractivity contribution in [2.24, 2.45) is 5.92 Å². The van der Waals surface area contributed by atoms with Crippen molar-refractivity contribution >= 4 is 5.97 Å². The fraction of sp³-hybridized carbons (Fsp3) is 0.923. The second-order valence-electron chi connectivity index (χ2n) is 5.18. The molecule has 92 valence electrons. The maximum atomic E-state index is 11.6. The molecule has 0 amide bonds. The van der Waals surface area contributed by atoms with Crippen LogP contribution in [0.4, 0.5) is 0 Å². The van der Waals surface area contributed by atoms with E-state index in [-0.39, 0.29) is 5.97 Å². The van der Waals surface area contributed by atoms with Crippen molar-refractivity contribution in [2.45, 2.75) is 57.4 Å². The first kappa shape index (κ1) is 11.9. The largest absolute Gasteiger partial charge is 0.465 e. The van der Waals surface area contributed by atoms with E-state index < -0.39 is 0 Å². The minimum Gasteiger partial charge on any atom is -0.465 e. The average Bonchev–Trinajstić information content (AvgIpc) is 2.81. The summed E-state index contributed by atoms with van der Waals surface area (Å²) in [5.74, 6) is 0.624. The number of hydrogen-bond acceptors (Lipinski definition) is 3. The monoisotopic (exact) mass is 225 g/mol. The molecule has 1 saturated carbocycles. The van der Waals surface area contributed by atoms with Crippen LogP contribution in [0.1, 0.15) is 51.4 Å². The van der Waals surface area contributed by atoms with Crippen LogP contribution in [0, 0.1) is 5.92 Å². The van der Waals surface area contributed by atoms with Crippen LogP contribution in [0.25, 0.3) is 0 Å². The molecule has 0 spiro atoms. The third kappa shape index (κ3) is 3.78. The highest BCUT2D eigenvalue weighted by Crippen LogP contribution is 2.23. The van der Waals surface area contributed by atoms with Crippen LogP contribution in [0.15, 0.2) is 0 Å². The molecule has 0 radical (unpaired) electrons. The Morgan fingerprint density at radius 2 is 1.94 bits per heavy atom. The first-order valence-electron chi connectivity index (χ1n) is 6.73. The van der Waals surface area contributed by atoms with Gasteiger partial charge in [-0.2, -0.15) is 0 Å². The van der Waals surface area contributed by atoms with Gasteiger partial charge in [-0.25, -0.2) is 0 Å². The molecule has 3 nitrogen and oxygen atoms in total. The second kappa shape index (κ2) is 6.24. The van der Waals surface area contributed by atoms with Crippen LogP contribution in [0.2, 0.25) is 0 Å². The molecule has 0 aromatic heterocycles. The Labute approximate surface area is 97.9 Å². The third-order valence-corrected chi connectivity index (χ3v) is 3.78. The number of rotatable bonds is 4. The van der Waals surface area contributed by atoms with E-state index >= 15 is 0 Å². The van der Waals surface area contributed by atoms with Gasteiger partial charge in [0.1, 0.15) is 0 Å². The highest BCUT2D eigenvalue weighted by molar-refractivity contribution is 5.70. The fourth-order valence-electron chi connectivity index (χ4n) is 2.76. The highest BCUT2D eigenvalue weighted by atomic mass is 16.5. The molecule has 2 aliphatic rings. The summed E-state index contributed by atoms with van der Waals surface area (Å²) in [6, 6.07) is 0.374. The molecule has 0 aromatic carbocycles. The molecule has 2 fully saturated rings. The van der Waals surface area contributed by atoms with Gasteiger partial charge in [-0.1, -0.05) is 19.3 Å². The molecule has 16 heavy (non-hydrogen) atoms. The summed E-state index contributed by atoms with van der Waals surface area (Å²) in [5, 5.41) is 3.32. The summed E-state index contributed by atoms with van der Waals surface area (Å²) in [7, 11) is 0. The molecular weight excluding hydrogens is 202 g/mol. The van der Waals surface area contributed by atoms with Crippen LogP contribution < -0.4 is 5.32 Å². The van der Waals surface area contributed by atoms with Gasteiger partial charge in [0.2, 0.25) is 0 Å². The molecule has 1 aliphatic heterocycles. The van der Waals surface area contributed by atoms with E-state index in [1.807, 2.05) is 0 Å². The van der Waals surface area contributed by atoms with Gasteiger partial charge in [0.25, 0.3) is 0 Å². The van der Waals surface area contributed by atoms with Crippen molar-refractivity contribution in [2.75, 3.05) is 13.2 Å². The van der Waals surface area contributed by atoms with E-state index in [4.69, 9.17) is 4.74 Å². The Morgan fingerprint density at radius 3 is 2.62 bits per heavy atom. The van der Waals surface area contributed by atoms with Gasteiger partial charge < -0.3 is 10.1 Å². The van der Waals surface area contributed by atoms with Crippen molar-refractivity contribution in [3.05, 3.63) is 0 Å². The zero-order valence-electron chi connectivity index (χ0n) is 10.0. The maximum Gasteiger partial charge on any atom is 0.307 e. The smallest absolute Gasteiger partial charge is 0.307 e. The molecule has 1 atom stereocenters. The zero-order chi connectivity index (χ0) is 11.2. The van der Waals surface area contributed by atoms with Crippen molar-refractivity contribution < 1.29 is 9.53 Å². The molecule has 1 saturated heterocycles. The summed E-state index contributed by atoms with van der Waals surface area (Å²) in [5.41, 5.74) is 0. The molecule has 0 aromatic rings. The zero-order valence-corrected chi connectivity index (χ0v) is 10.0. The Hall–Kier alpha value is -0.570. The fourth-order valence-corrected chi connectivity index (χ4v) is 2.76. The van der Waals surface area contributed by atoms with Crippen LogP contribution in [-0.2, 0) is 9.53 Å². The molecule has 1 heterocycles. The average molecular weight is 225 g/mol. The van der Waals surface area contributed by atoms with Crippen molar-refractivity contribution in [1.82, 2.24) is 5.32 Å². The van der Waals surface area contributed by atoms with E-state index in [1.54, 1.807) is 0 Å². The number of carbonyl (C=O) groups is 1. The van der Waals surface area contributed by atoms with E-state index in [2.05, 4.69) is 5.32 Å². The summed E-state index contributed by atoms with van der Waals surface area (Å²) in [6.45, 7) is 1.71. The minimum absolute atomic E-state index is 0.00928. The standard InChI is InChI=1S/C13H23NO2/c15-13(9-12-7-4-8-14-12)16-10-11-5-2-1-3-6-11/h11-12,14H,1-10H2. The van der Waals surface area contributed by atoms with E-state index in [0.29, 0.717) is 25.0 Å². The number of carbonyl (C=O) groups excluding carboxylic acids is 1. The van der Waals surface area contributed by atoms with Gasteiger partial charge in [-0.15, -0.1) is 0 Å². The van der Waals surface area contributed by atoms with E-state index in [0.717, 1.165) is 13.0 Å². The Kier molecular flexibility index (Phi) is 4.64. The predicted molar refractivity (Wildman–Crippen MR) is 63.2 cm³/mol. The SMILES string of the molecule is O=C(CC1CCCN1)OCC1CCCCC1. The lowest BCUT2D eigenvalue weighted by Gasteiger charge is -2.21. The van der Waals surface area contributed by atoms with Gasteiger partial charge in [-0.05, 0) is 38.1 Å². The van der Waals surface area contributed by atoms with Crippen molar-refractivity contribution in [1.29, 1.82) is 0 Å². The molecular formula is C13H23NO2. The molecule has 2 rings (SSSR count). The van der Waals surface area contributed by atoms with Gasteiger partial charge in [-0.3, -0.25) is 4.79 Å². The number of nitrogens with one attached hydrogen (secondary N) is 1. The molecule has 3 heteroatoms. The highest BCUT2D eigenvalue weighted by Gasteiger charge is 2.20. The van der Waals surface area contributed by atoms with Crippen LogP contribution >= 0.6 is 0 Å². The lowest BCUT2D eigenvalue weighted by molar-refractivity contribution is -0.145. The molecule has 0 bridgehead atoms. The first-order chi connectivity index (χ1) is 7.84. The van der Waals surface area contributed by atoms with Gasteiger partial charge in [0.15, 0.2) is 0 Å². The topological polar surface area (TPSA) is 38.3 Å². The Morgan fingerprint density at radius 1 is 1.12 bits per heavy atom. The minimum atomic E-state index is -0.00928. The molecule has 1 aliphatic carbocycles. The van der Waals surface area contributed by atoms with Gasteiger partial charge in [0.05, 0.1) is 13.0 Å². The first-order valence-corrected chi connectivity index (χ1v) is 6.73. The Balaban J connectivity index is 1.59.